The minimum Gasteiger partial charge on any atom is -0.385 e. The third kappa shape index (κ3) is 6.53. The topological polar surface area (TPSA) is 12.0 Å². The molecule has 0 amide bonds. The highest BCUT2D eigenvalue weighted by molar-refractivity contribution is 5.16. The van der Waals surface area contributed by atoms with Crippen LogP contribution in [0.4, 0.5) is 0 Å². The Balaban J connectivity index is 0. The standard InChI is InChI=1S/C9H13N.2C2H6/c1-3-10-9-7-5-4-6-8(9)2;2*1-2/h3-10H,1H2,2H3;2*1-2H3. The molecule has 0 aromatic heterocycles. The van der Waals surface area contributed by atoms with Crippen molar-refractivity contribution < 1.29 is 0 Å². The van der Waals surface area contributed by atoms with Crippen LogP contribution in [-0.2, 0) is 0 Å². The Bertz CT molecular complexity index is 168. The summed E-state index contributed by atoms with van der Waals surface area (Å²) in [5.74, 6) is 0.572. The first kappa shape index (κ1) is 15.5. The second-order valence-electron chi connectivity index (χ2n) is 2.53. The summed E-state index contributed by atoms with van der Waals surface area (Å²) in [5, 5.41) is 3.16. The fourth-order valence-electron chi connectivity index (χ4n) is 1.06. The van der Waals surface area contributed by atoms with Crippen molar-refractivity contribution in [1.82, 2.24) is 5.32 Å². The molecule has 1 rings (SSSR count). The Morgan fingerprint density at radius 3 is 2.00 bits per heavy atom. The van der Waals surface area contributed by atoms with E-state index in [9.17, 15) is 0 Å². The van der Waals surface area contributed by atoms with Gasteiger partial charge in [-0.1, -0.05) is 65.5 Å². The van der Waals surface area contributed by atoms with E-state index in [-0.39, 0.29) is 0 Å². The molecule has 0 saturated carbocycles. The largest absolute Gasteiger partial charge is 0.385 e. The first-order valence-corrected chi connectivity index (χ1v) is 5.56. The zero-order valence-electron chi connectivity index (χ0n) is 10.2. The van der Waals surface area contributed by atoms with Crippen LogP contribution in [0.3, 0.4) is 0 Å². The molecule has 0 radical (unpaired) electrons. The van der Waals surface area contributed by atoms with Gasteiger partial charge in [-0.15, -0.1) is 0 Å². The molecule has 0 saturated heterocycles. The average Bonchev–Trinajstić information content (AvgIpc) is 2.28. The molecule has 14 heavy (non-hydrogen) atoms. The predicted molar refractivity (Wildman–Crippen MR) is 67.3 cm³/mol. The van der Waals surface area contributed by atoms with Crippen LogP contribution in [0, 0.1) is 5.92 Å². The summed E-state index contributed by atoms with van der Waals surface area (Å²) in [6.45, 7) is 13.8. The van der Waals surface area contributed by atoms with Crippen molar-refractivity contribution >= 4 is 0 Å². The van der Waals surface area contributed by atoms with Crippen LogP contribution in [0.5, 0.6) is 0 Å². The van der Waals surface area contributed by atoms with Gasteiger partial charge in [-0.2, -0.15) is 0 Å². The zero-order valence-corrected chi connectivity index (χ0v) is 10.2. The van der Waals surface area contributed by atoms with Crippen molar-refractivity contribution in [2.45, 2.75) is 40.7 Å². The lowest BCUT2D eigenvalue weighted by atomic mass is 9.97. The molecule has 1 aliphatic carbocycles. The Kier molecular flexibility index (Phi) is 13.3. The van der Waals surface area contributed by atoms with Crippen LogP contribution < -0.4 is 5.32 Å². The minimum absolute atomic E-state index is 0.433. The van der Waals surface area contributed by atoms with Crippen LogP contribution in [0.25, 0.3) is 0 Å². The lowest BCUT2D eigenvalue weighted by Crippen LogP contribution is -2.28. The van der Waals surface area contributed by atoms with E-state index in [0.717, 1.165) is 0 Å². The lowest BCUT2D eigenvalue weighted by Gasteiger charge is -2.19. The highest BCUT2D eigenvalue weighted by Crippen LogP contribution is 2.10. The van der Waals surface area contributed by atoms with Crippen LogP contribution in [0.1, 0.15) is 34.6 Å². The van der Waals surface area contributed by atoms with E-state index >= 15 is 0 Å². The molecule has 0 aliphatic heterocycles. The van der Waals surface area contributed by atoms with E-state index in [1.165, 1.54) is 0 Å². The Hall–Kier alpha value is -0.980. The van der Waals surface area contributed by atoms with Gasteiger partial charge in [-0.25, -0.2) is 0 Å². The van der Waals surface area contributed by atoms with Crippen LogP contribution in [0.2, 0.25) is 0 Å². The van der Waals surface area contributed by atoms with E-state index < -0.39 is 0 Å². The van der Waals surface area contributed by atoms with Crippen molar-refractivity contribution in [1.29, 1.82) is 0 Å². The SMILES string of the molecule is C=CNC1C=CC=CC1C.CC.CC. The first-order chi connectivity index (χ1) is 6.84. The summed E-state index contributed by atoms with van der Waals surface area (Å²) in [4.78, 5) is 0. The van der Waals surface area contributed by atoms with Crippen molar-refractivity contribution in [3.8, 4) is 0 Å². The maximum atomic E-state index is 3.62. The van der Waals surface area contributed by atoms with Gasteiger partial charge in [0.05, 0.1) is 6.04 Å². The number of allylic oxidation sites excluding steroid dienone is 2. The highest BCUT2D eigenvalue weighted by Gasteiger charge is 2.10. The van der Waals surface area contributed by atoms with E-state index in [2.05, 4.69) is 43.1 Å². The molecule has 1 aliphatic rings. The van der Waals surface area contributed by atoms with Crippen molar-refractivity contribution in [2.24, 2.45) is 5.92 Å². The molecule has 0 aromatic rings. The molecule has 82 valence electrons. The summed E-state index contributed by atoms with van der Waals surface area (Å²) in [7, 11) is 0. The molecule has 0 bridgehead atoms. The van der Waals surface area contributed by atoms with Gasteiger partial charge >= 0.3 is 0 Å². The van der Waals surface area contributed by atoms with Crippen molar-refractivity contribution in [2.75, 3.05) is 0 Å². The average molecular weight is 195 g/mol. The van der Waals surface area contributed by atoms with Gasteiger partial charge in [0.25, 0.3) is 0 Å². The monoisotopic (exact) mass is 195 g/mol. The molecule has 1 N–H and O–H groups in total. The molecule has 2 unspecified atom stereocenters. The maximum absolute atomic E-state index is 3.62. The smallest absolute Gasteiger partial charge is 0.0501 e. The summed E-state index contributed by atoms with van der Waals surface area (Å²) in [6, 6.07) is 0.433. The molecular weight excluding hydrogens is 170 g/mol. The van der Waals surface area contributed by atoms with Gasteiger partial charge in [-0.3, -0.25) is 0 Å². The lowest BCUT2D eigenvalue weighted by molar-refractivity contribution is 0.558. The molecule has 0 fully saturated rings. The normalized spacial score (nSPS) is 22.4. The molecule has 1 heteroatoms. The molecule has 0 heterocycles. The van der Waals surface area contributed by atoms with Gasteiger partial charge in [0, 0.05) is 0 Å². The van der Waals surface area contributed by atoms with E-state index in [1.54, 1.807) is 6.20 Å². The zero-order chi connectivity index (χ0) is 11.4. The predicted octanol–water partition coefficient (Wildman–Crippen LogP) is 3.90. The third-order valence-electron chi connectivity index (χ3n) is 1.72. The first-order valence-electron chi connectivity index (χ1n) is 5.56. The summed E-state index contributed by atoms with van der Waals surface area (Å²) in [5.41, 5.74) is 0. The number of rotatable bonds is 2. The molecule has 1 nitrogen and oxygen atoms in total. The molecule has 0 aromatic carbocycles. The van der Waals surface area contributed by atoms with E-state index in [0.29, 0.717) is 12.0 Å². The third-order valence-corrected chi connectivity index (χ3v) is 1.72. The number of nitrogens with one attached hydrogen (secondary N) is 1. The second-order valence-corrected chi connectivity index (χ2v) is 2.53. The summed E-state index contributed by atoms with van der Waals surface area (Å²) in [6.07, 6.45) is 10.2. The number of hydrogen-bond acceptors (Lipinski definition) is 1. The molecule has 0 spiro atoms. The molecular formula is C13H25N. The summed E-state index contributed by atoms with van der Waals surface area (Å²) < 4.78 is 0. The van der Waals surface area contributed by atoms with Crippen LogP contribution in [-0.4, -0.2) is 6.04 Å². The Labute approximate surface area is 89.6 Å². The quantitative estimate of drug-likeness (QED) is 0.704. The van der Waals surface area contributed by atoms with E-state index in [1.807, 2.05) is 27.7 Å². The fourth-order valence-corrected chi connectivity index (χ4v) is 1.06. The van der Waals surface area contributed by atoms with Gasteiger partial charge in [0.2, 0.25) is 0 Å². The minimum atomic E-state index is 0.433. The fraction of sp³-hybridized carbons (Fsp3) is 0.538. The van der Waals surface area contributed by atoms with Crippen molar-refractivity contribution in [3.63, 3.8) is 0 Å². The van der Waals surface area contributed by atoms with Crippen LogP contribution >= 0.6 is 0 Å². The van der Waals surface area contributed by atoms with Crippen LogP contribution in [0.15, 0.2) is 37.1 Å². The van der Waals surface area contributed by atoms with Crippen molar-refractivity contribution in [3.05, 3.63) is 37.1 Å². The van der Waals surface area contributed by atoms with Gasteiger partial charge in [0.1, 0.15) is 0 Å². The Morgan fingerprint density at radius 1 is 1.07 bits per heavy atom. The maximum Gasteiger partial charge on any atom is 0.0501 e. The Morgan fingerprint density at radius 2 is 1.57 bits per heavy atom. The van der Waals surface area contributed by atoms with E-state index in [4.69, 9.17) is 0 Å². The molecule has 2 atom stereocenters. The van der Waals surface area contributed by atoms with Gasteiger partial charge < -0.3 is 5.32 Å². The van der Waals surface area contributed by atoms with Gasteiger partial charge in [-0.05, 0) is 12.1 Å². The second kappa shape index (κ2) is 12.0. The summed E-state index contributed by atoms with van der Waals surface area (Å²) >= 11 is 0. The highest BCUT2D eigenvalue weighted by atomic mass is 14.9. The van der Waals surface area contributed by atoms with Gasteiger partial charge in [0.15, 0.2) is 0 Å². The number of hydrogen-bond donors (Lipinski definition) is 1.